The second kappa shape index (κ2) is 6.09. The molecule has 6 heteroatoms. The molecule has 2 N–H and O–H groups in total. The highest BCUT2D eigenvalue weighted by Gasteiger charge is 2.21. The van der Waals surface area contributed by atoms with Crippen molar-refractivity contribution >= 4 is 27.4 Å². The Balaban J connectivity index is 2.33. The predicted octanol–water partition coefficient (Wildman–Crippen LogP) is 3.25. The lowest BCUT2D eigenvalue weighted by atomic mass is 10.1. The van der Waals surface area contributed by atoms with Crippen LogP contribution in [0.4, 0.5) is 4.39 Å². The molecule has 0 aliphatic heterocycles. The molecule has 0 aliphatic rings. The van der Waals surface area contributed by atoms with E-state index in [0.717, 1.165) is 11.3 Å². The molecule has 2 aromatic rings. The van der Waals surface area contributed by atoms with E-state index in [1.54, 1.807) is 19.2 Å². The van der Waals surface area contributed by atoms with E-state index < -0.39 is 5.97 Å². The van der Waals surface area contributed by atoms with E-state index in [2.05, 4.69) is 5.32 Å². The summed E-state index contributed by atoms with van der Waals surface area (Å²) in [6.07, 6.45) is 0. The van der Waals surface area contributed by atoms with Crippen LogP contribution in [-0.2, 0) is 11.3 Å². The Morgan fingerprint density at radius 2 is 2.19 bits per heavy atom. The van der Waals surface area contributed by atoms with Crippen LogP contribution in [0.25, 0.3) is 10.1 Å². The predicted molar refractivity (Wildman–Crippen MR) is 81.5 cm³/mol. The molecule has 1 heterocycles. The molecule has 21 heavy (non-hydrogen) atoms. The first-order valence-corrected chi connectivity index (χ1v) is 7.36. The van der Waals surface area contributed by atoms with Gasteiger partial charge in [-0.1, -0.05) is 6.07 Å². The van der Waals surface area contributed by atoms with Crippen LogP contribution < -0.4 is 5.32 Å². The second-order valence-corrected chi connectivity index (χ2v) is 6.45. The number of hydrogen-bond acceptors (Lipinski definition) is 4. The first-order valence-electron chi connectivity index (χ1n) is 6.55. The molecule has 0 bridgehead atoms. The van der Waals surface area contributed by atoms with Crippen LogP contribution in [0.15, 0.2) is 18.2 Å². The van der Waals surface area contributed by atoms with E-state index >= 15 is 0 Å². The van der Waals surface area contributed by atoms with Gasteiger partial charge in [0.2, 0.25) is 0 Å². The maximum absolute atomic E-state index is 14.0. The Morgan fingerprint density at radius 1 is 1.48 bits per heavy atom. The van der Waals surface area contributed by atoms with Crippen molar-refractivity contribution in [2.75, 3.05) is 13.7 Å². The molecule has 0 unspecified atom stereocenters. The molecule has 1 aromatic heterocycles. The van der Waals surface area contributed by atoms with Crippen molar-refractivity contribution in [1.29, 1.82) is 0 Å². The fraction of sp³-hybridized carbons (Fsp3) is 0.400. The summed E-state index contributed by atoms with van der Waals surface area (Å²) in [5, 5.41) is 12.8. The number of hydrogen-bond donors (Lipinski definition) is 2. The molecule has 0 fully saturated rings. The minimum absolute atomic E-state index is 0.179. The average molecular weight is 311 g/mol. The third kappa shape index (κ3) is 3.40. The first kappa shape index (κ1) is 15.9. The Morgan fingerprint density at radius 3 is 2.81 bits per heavy atom. The first-order chi connectivity index (χ1) is 9.85. The highest BCUT2D eigenvalue weighted by atomic mass is 32.1. The van der Waals surface area contributed by atoms with Gasteiger partial charge in [-0.05, 0) is 26.0 Å². The van der Waals surface area contributed by atoms with E-state index in [1.165, 1.54) is 6.07 Å². The number of fused-ring (bicyclic) bond motifs is 1. The lowest BCUT2D eigenvalue weighted by Crippen LogP contribution is -2.36. The number of thiophene rings is 1. The van der Waals surface area contributed by atoms with Crippen molar-refractivity contribution in [3.05, 3.63) is 34.5 Å². The van der Waals surface area contributed by atoms with Crippen LogP contribution in [0.3, 0.4) is 0 Å². The SMILES string of the molecule is COC(C)(C)CNCc1c(C(=O)O)sc2cccc(F)c12. The second-order valence-electron chi connectivity index (χ2n) is 5.40. The number of carboxylic acids is 1. The van der Waals surface area contributed by atoms with E-state index in [9.17, 15) is 14.3 Å². The van der Waals surface area contributed by atoms with Gasteiger partial charge in [0, 0.05) is 35.8 Å². The monoisotopic (exact) mass is 311 g/mol. The smallest absolute Gasteiger partial charge is 0.346 e. The van der Waals surface area contributed by atoms with Gasteiger partial charge in [0.05, 0.1) is 5.60 Å². The summed E-state index contributed by atoms with van der Waals surface area (Å²) in [5.74, 6) is -1.42. The highest BCUT2D eigenvalue weighted by Crippen LogP contribution is 2.33. The van der Waals surface area contributed by atoms with Crippen LogP contribution in [0, 0.1) is 5.82 Å². The number of benzene rings is 1. The minimum atomic E-state index is -1.03. The van der Waals surface area contributed by atoms with Gasteiger partial charge in [0.25, 0.3) is 0 Å². The Labute approximate surface area is 126 Å². The van der Waals surface area contributed by atoms with Gasteiger partial charge >= 0.3 is 5.97 Å². The zero-order chi connectivity index (χ0) is 15.6. The Bertz CT molecular complexity index is 666. The number of nitrogens with one attached hydrogen (secondary N) is 1. The topological polar surface area (TPSA) is 58.6 Å². The largest absolute Gasteiger partial charge is 0.477 e. The maximum atomic E-state index is 14.0. The van der Waals surface area contributed by atoms with Gasteiger partial charge in [-0.3, -0.25) is 0 Å². The van der Waals surface area contributed by atoms with Crippen molar-refractivity contribution in [1.82, 2.24) is 5.32 Å². The standard InChI is InChI=1S/C15H18FNO3S/c1-15(2,20-3)8-17-7-9-12-10(16)5-4-6-11(12)21-13(9)14(18)19/h4-6,17H,7-8H2,1-3H3,(H,18,19). The number of carbonyl (C=O) groups is 1. The molecule has 0 atom stereocenters. The molecule has 0 spiro atoms. The van der Waals surface area contributed by atoms with Gasteiger partial charge in [-0.25, -0.2) is 9.18 Å². The third-order valence-corrected chi connectivity index (χ3v) is 4.55. The quantitative estimate of drug-likeness (QED) is 0.860. The van der Waals surface area contributed by atoms with Gasteiger partial charge in [0.15, 0.2) is 0 Å². The molecule has 114 valence electrons. The van der Waals surface area contributed by atoms with Crippen LogP contribution >= 0.6 is 11.3 Å². The number of carboxylic acid groups (broad SMARTS) is 1. The van der Waals surface area contributed by atoms with Gasteiger partial charge < -0.3 is 15.2 Å². The summed E-state index contributed by atoms with van der Waals surface area (Å²) < 4.78 is 20.0. The fourth-order valence-corrected chi connectivity index (χ4v) is 3.14. The van der Waals surface area contributed by atoms with E-state index in [0.29, 0.717) is 22.2 Å². The number of halogens is 1. The molecule has 0 radical (unpaired) electrons. The molecule has 2 rings (SSSR count). The summed E-state index contributed by atoms with van der Waals surface area (Å²) in [7, 11) is 1.62. The zero-order valence-electron chi connectivity index (χ0n) is 12.2. The van der Waals surface area contributed by atoms with Crippen molar-refractivity contribution in [2.24, 2.45) is 0 Å². The summed E-state index contributed by atoms with van der Waals surface area (Å²) in [5.41, 5.74) is 0.126. The molecular formula is C15H18FNO3S. The molecule has 0 amide bonds. The molecule has 0 aliphatic carbocycles. The van der Waals surface area contributed by atoms with E-state index in [1.807, 2.05) is 13.8 Å². The van der Waals surface area contributed by atoms with E-state index in [-0.39, 0.29) is 22.8 Å². The minimum Gasteiger partial charge on any atom is -0.477 e. The van der Waals surface area contributed by atoms with Crippen LogP contribution in [-0.4, -0.2) is 30.3 Å². The Hall–Kier alpha value is -1.50. The van der Waals surface area contributed by atoms with Crippen molar-refractivity contribution in [3.8, 4) is 0 Å². The molecule has 0 saturated carbocycles. The van der Waals surface area contributed by atoms with E-state index in [4.69, 9.17) is 4.74 Å². The number of aromatic carboxylic acids is 1. The Kier molecular flexibility index (Phi) is 4.61. The summed E-state index contributed by atoms with van der Waals surface area (Å²) >= 11 is 1.10. The molecular weight excluding hydrogens is 293 g/mol. The normalized spacial score (nSPS) is 12.0. The van der Waals surface area contributed by atoms with Gasteiger partial charge in [-0.15, -0.1) is 11.3 Å². The van der Waals surface area contributed by atoms with Crippen LogP contribution in [0.1, 0.15) is 29.1 Å². The van der Waals surface area contributed by atoms with Crippen molar-refractivity contribution in [2.45, 2.75) is 26.0 Å². The maximum Gasteiger partial charge on any atom is 0.346 e. The van der Waals surface area contributed by atoms with Crippen molar-refractivity contribution < 1.29 is 19.0 Å². The average Bonchev–Trinajstić information content (AvgIpc) is 2.79. The molecule has 0 saturated heterocycles. The molecule has 4 nitrogen and oxygen atoms in total. The highest BCUT2D eigenvalue weighted by molar-refractivity contribution is 7.21. The number of rotatable bonds is 6. The van der Waals surface area contributed by atoms with Gasteiger partial charge in [-0.2, -0.15) is 0 Å². The third-order valence-electron chi connectivity index (χ3n) is 3.36. The molecule has 1 aromatic carbocycles. The zero-order valence-corrected chi connectivity index (χ0v) is 13.0. The summed E-state index contributed by atoms with van der Waals surface area (Å²) in [4.78, 5) is 11.5. The lowest BCUT2D eigenvalue weighted by molar-refractivity contribution is 0.0231. The van der Waals surface area contributed by atoms with Crippen LogP contribution in [0.2, 0.25) is 0 Å². The number of methoxy groups -OCH3 is 1. The van der Waals surface area contributed by atoms with Crippen molar-refractivity contribution in [3.63, 3.8) is 0 Å². The number of ether oxygens (including phenoxy) is 1. The lowest BCUT2D eigenvalue weighted by Gasteiger charge is -2.23. The summed E-state index contributed by atoms with van der Waals surface area (Å²) in [6, 6.07) is 4.67. The van der Waals surface area contributed by atoms with Gasteiger partial charge in [0.1, 0.15) is 10.7 Å². The fourth-order valence-electron chi connectivity index (χ4n) is 2.07. The van der Waals surface area contributed by atoms with Crippen LogP contribution in [0.5, 0.6) is 0 Å². The summed E-state index contributed by atoms with van der Waals surface area (Å²) in [6.45, 7) is 4.67.